The molecule has 0 aliphatic rings. The highest BCUT2D eigenvalue weighted by atomic mass is 32.1. The van der Waals surface area contributed by atoms with Crippen LogP contribution in [0, 0.1) is 0 Å². The van der Waals surface area contributed by atoms with Crippen molar-refractivity contribution in [2.24, 2.45) is 0 Å². The van der Waals surface area contributed by atoms with Crippen molar-refractivity contribution in [3.8, 4) is 11.1 Å². The van der Waals surface area contributed by atoms with E-state index in [1.807, 2.05) is 19.2 Å². The molecule has 4 heteroatoms. The average molecular weight is 317 g/mol. The van der Waals surface area contributed by atoms with Crippen molar-refractivity contribution < 1.29 is 9.53 Å². The van der Waals surface area contributed by atoms with E-state index in [4.69, 9.17) is 10.5 Å². The zero-order chi connectivity index (χ0) is 16.3. The van der Waals surface area contributed by atoms with Crippen molar-refractivity contribution in [2.45, 2.75) is 46.1 Å². The maximum Gasteiger partial charge on any atom is 0.342 e. The van der Waals surface area contributed by atoms with Crippen molar-refractivity contribution in [1.82, 2.24) is 0 Å². The Hall–Kier alpha value is -1.81. The van der Waals surface area contributed by atoms with Crippen molar-refractivity contribution in [1.29, 1.82) is 0 Å². The Bertz CT molecular complexity index is 644. The number of benzene rings is 1. The summed E-state index contributed by atoms with van der Waals surface area (Å²) in [5, 5.41) is 2.43. The first-order valence-corrected chi connectivity index (χ1v) is 8.50. The minimum Gasteiger partial charge on any atom is -0.459 e. The maximum absolute atomic E-state index is 12.3. The average Bonchev–Trinajstić information content (AvgIpc) is 2.87. The minimum atomic E-state index is -0.352. The molecule has 2 N–H and O–H groups in total. The molecule has 1 heterocycles. The van der Waals surface area contributed by atoms with E-state index in [1.165, 1.54) is 16.9 Å². The lowest BCUT2D eigenvalue weighted by molar-refractivity contribution is 0.0380. The number of thiophene rings is 1. The van der Waals surface area contributed by atoms with E-state index in [9.17, 15) is 4.79 Å². The highest BCUT2D eigenvalue weighted by molar-refractivity contribution is 7.14. The summed E-state index contributed by atoms with van der Waals surface area (Å²) >= 11 is 1.37. The van der Waals surface area contributed by atoms with Gasteiger partial charge in [-0.05, 0) is 37.3 Å². The molecular weight excluding hydrogens is 294 g/mol. The molecule has 0 saturated heterocycles. The predicted molar refractivity (Wildman–Crippen MR) is 93.4 cm³/mol. The Balaban J connectivity index is 2.35. The Morgan fingerprint density at radius 3 is 2.41 bits per heavy atom. The zero-order valence-electron chi connectivity index (χ0n) is 13.6. The van der Waals surface area contributed by atoms with Gasteiger partial charge in [-0.1, -0.05) is 38.1 Å². The van der Waals surface area contributed by atoms with Crippen LogP contribution in [0.5, 0.6) is 0 Å². The fourth-order valence-electron chi connectivity index (χ4n) is 2.30. The fourth-order valence-corrected chi connectivity index (χ4v) is 3.11. The van der Waals surface area contributed by atoms with Crippen LogP contribution in [0.15, 0.2) is 29.6 Å². The van der Waals surface area contributed by atoms with E-state index in [1.54, 1.807) is 0 Å². The summed E-state index contributed by atoms with van der Waals surface area (Å²) in [5.74, 6) is 0.182. The van der Waals surface area contributed by atoms with Gasteiger partial charge in [-0.15, -0.1) is 11.3 Å². The number of hydrogen-bond acceptors (Lipinski definition) is 4. The largest absolute Gasteiger partial charge is 0.459 e. The van der Waals surface area contributed by atoms with Crippen LogP contribution >= 0.6 is 11.3 Å². The van der Waals surface area contributed by atoms with Crippen LogP contribution in [0.4, 0.5) is 5.00 Å². The number of nitrogens with two attached hydrogens (primary N) is 1. The van der Waals surface area contributed by atoms with E-state index in [2.05, 4.69) is 38.1 Å². The van der Waals surface area contributed by atoms with E-state index in [-0.39, 0.29) is 12.1 Å². The lowest BCUT2D eigenvalue weighted by Crippen LogP contribution is -2.13. The second-order valence-corrected chi connectivity index (χ2v) is 6.69. The van der Waals surface area contributed by atoms with Gasteiger partial charge in [0.2, 0.25) is 0 Å². The maximum atomic E-state index is 12.3. The summed E-state index contributed by atoms with van der Waals surface area (Å²) in [5.41, 5.74) is 9.61. The van der Waals surface area contributed by atoms with Gasteiger partial charge in [0.15, 0.2) is 0 Å². The third-order valence-corrected chi connectivity index (χ3v) is 4.58. The van der Waals surface area contributed by atoms with Crippen LogP contribution in [0.1, 0.15) is 56.0 Å². The Morgan fingerprint density at radius 1 is 1.23 bits per heavy atom. The lowest BCUT2D eigenvalue weighted by atomic mass is 9.95. The Morgan fingerprint density at radius 2 is 1.86 bits per heavy atom. The van der Waals surface area contributed by atoms with E-state index >= 15 is 0 Å². The molecule has 0 spiro atoms. The predicted octanol–water partition coefficient (Wildman–Crippen LogP) is 5.08. The normalized spacial score (nSPS) is 12.4. The second kappa shape index (κ2) is 6.97. The minimum absolute atomic E-state index is 0.160. The van der Waals surface area contributed by atoms with E-state index < -0.39 is 0 Å². The number of esters is 1. The van der Waals surface area contributed by atoms with Crippen LogP contribution in [0.2, 0.25) is 0 Å². The van der Waals surface area contributed by atoms with Gasteiger partial charge in [0, 0.05) is 10.9 Å². The monoisotopic (exact) mass is 317 g/mol. The van der Waals surface area contributed by atoms with E-state index in [0.29, 0.717) is 16.5 Å². The molecular formula is C18H23NO2S. The van der Waals surface area contributed by atoms with Crippen molar-refractivity contribution in [3.05, 3.63) is 40.8 Å². The van der Waals surface area contributed by atoms with Crippen molar-refractivity contribution >= 4 is 22.3 Å². The van der Waals surface area contributed by atoms with Gasteiger partial charge >= 0.3 is 5.97 Å². The number of anilines is 1. The molecule has 0 aliphatic carbocycles. The molecule has 22 heavy (non-hydrogen) atoms. The molecule has 118 valence electrons. The second-order valence-electron chi connectivity index (χ2n) is 5.77. The van der Waals surface area contributed by atoms with Gasteiger partial charge in [-0.25, -0.2) is 4.79 Å². The standard InChI is InChI=1S/C18H23NO2S/c1-5-12(4)13-6-8-14(9-7-13)15-10-22-17(19)16(15)18(20)21-11(2)3/h6-12H,5,19H2,1-4H3. The molecule has 2 rings (SSSR count). The number of nitrogen functional groups attached to an aromatic ring is 1. The van der Waals surface area contributed by atoms with Crippen LogP contribution in [-0.2, 0) is 4.74 Å². The number of carbonyl (C=O) groups is 1. The first kappa shape index (κ1) is 16.6. The fraction of sp³-hybridized carbons (Fsp3) is 0.389. The van der Waals surface area contributed by atoms with Crippen LogP contribution in [0.25, 0.3) is 11.1 Å². The number of rotatable bonds is 5. The van der Waals surface area contributed by atoms with Crippen LogP contribution in [0.3, 0.4) is 0 Å². The SMILES string of the molecule is CCC(C)c1ccc(-c2csc(N)c2C(=O)OC(C)C)cc1. The van der Waals surface area contributed by atoms with Crippen LogP contribution in [-0.4, -0.2) is 12.1 Å². The summed E-state index contributed by atoms with van der Waals surface area (Å²) in [6.45, 7) is 8.06. The molecule has 1 aromatic heterocycles. The zero-order valence-corrected chi connectivity index (χ0v) is 14.4. The van der Waals surface area contributed by atoms with Gasteiger partial charge < -0.3 is 10.5 Å². The highest BCUT2D eigenvalue weighted by Gasteiger charge is 2.21. The summed E-state index contributed by atoms with van der Waals surface area (Å²) in [6, 6.07) is 8.34. The van der Waals surface area contributed by atoms with Gasteiger partial charge in [-0.3, -0.25) is 0 Å². The third-order valence-electron chi connectivity index (χ3n) is 3.77. The first-order valence-electron chi connectivity index (χ1n) is 7.62. The van der Waals surface area contributed by atoms with Gasteiger partial charge in [-0.2, -0.15) is 0 Å². The smallest absolute Gasteiger partial charge is 0.342 e. The molecule has 3 nitrogen and oxygen atoms in total. The first-order chi connectivity index (χ1) is 10.4. The highest BCUT2D eigenvalue weighted by Crippen LogP contribution is 2.35. The molecule has 0 saturated carbocycles. The molecule has 0 aliphatic heterocycles. The summed E-state index contributed by atoms with van der Waals surface area (Å²) in [7, 11) is 0. The Labute approximate surface area is 136 Å². The van der Waals surface area contributed by atoms with Gasteiger partial charge in [0.1, 0.15) is 10.6 Å². The lowest BCUT2D eigenvalue weighted by Gasteiger charge is -2.11. The van der Waals surface area contributed by atoms with Gasteiger partial charge in [0.25, 0.3) is 0 Å². The molecule has 0 radical (unpaired) electrons. The molecule has 1 unspecified atom stereocenters. The quantitative estimate of drug-likeness (QED) is 0.783. The third kappa shape index (κ3) is 3.50. The molecule has 0 amide bonds. The summed E-state index contributed by atoms with van der Waals surface area (Å²) in [4.78, 5) is 12.3. The van der Waals surface area contributed by atoms with E-state index in [0.717, 1.165) is 17.5 Å². The Kier molecular flexibility index (Phi) is 5.24. The van der Waals surface area contributed by atoms with Crippen LogP contribution < -0.4 is 5.73 Å². The topological polar surface area (TPSA) is 52.3 Å². The van der Waals surface area contributed by atoms with Crippen molar-refractivity contribution in [2.75, 3.05) is 5.73 Å². The summed E-state index contributed by atoms with van der Waals surface area (Å²) < 4.78 is 5.30. The van der Waals surface area contributed by atoms with Crippen molar-refractivity contribution in [3.63, 3.8) is 0 Å². The molecule has 1 atom stereocenters. The molecule has 2 aromatic rings. The number of carbonyl (C=O) groups excluding carboxylic acids is 1. The summed E-state index contributed by atoms with van der Waals surface area (Å²) in [6.07, 6.45) is 0.948. The molecule has 1 aromatic carbocycles. The number of ether oxygens (including phenoxy) is 1. The molecule has 0 fully saturated rings. The van der Waals surface area contributed by atoms with Gasteiger partial charge in [0.05, 0.1) is 6.10 Å². The number of hydrogen-bond donors (Lipinski definition) is 1. The molecule has 0 bridgehead atoms.